The molecule has 2 aromatic rings. The number of carbonyl (C=O) groups excluding carboxylic acids is 2. The van der Waals surface area contributed by atoms with Gasteiger partial charge in [-0.05, 0) is 12.1 Å². The zero-order valence-electron chi connectivity index (χ0n) is 11.9. The van der Waals surface area contributed by atoms with E-state index in [1.54, 1.807) is 12.1 Å². The molecule has 0 saturated carbocycles. The summed E-state index contributed by atoms with van der Waals surface area (Å²) in [4.78, 5) is 28.8. The van der Waals surface area contributed by atoms with Crippen LogP contribution in [0.5, 0.6) is 0 Å². The van der Waals surface area contributed by atoms with Gasteiger partial charge in [0.25, 0.3) is 5.91 Å². The fourth-order valence-electron chi connectivity index (χ4n) is 1.75. The largest absolute Gasteiger partial charge is 0.464 e. The number of esters is 1. The standard InChI is InChI=1S/C14H15N3O4/c1-16(21-3)13(18)12-9-11(14(19)20-2)15-17(12)10-7-5-4-6-8-10/h4-9H,1-3H3. The Labute approximate surface area is 121 Å². The van der Waals surface area contributed by atoms with Gasteiger partial charge in [0.05, 0.1) is 19.9 Å². The van der Waals surface area contributed by atoms with E-state index in [1.807, 2.05) is 18.2 Å². The molecule has 0 N–H and O–H groups in total. The monoisotopic (exact) mass is 289 g/mol. The topological polar surface area (TPSA) is 73.7 Å². The Bertz CT molecular complexity index is 651. The van der Waals surface area contributed by atoms with E-state index in [0.29, 0.717) is 5.69 Å². The molecule has 0 spiro atoms. The fraction of sp³-hybridized carbons (Fsp3) is 0.214. The van der Waals surface area contributed by atoms with Gasteiger partial charge in [-0.2, -0.15) is 5.10 Å². The molecule has 110 valence electrons. The van der Waals surface area contributed by atoms with Crippen molar-refractivity contribution in [3.8, 4) is 5.69 Å². The van der Waals surface area contributed by atoms with Crippen molar-refractivity contribution in [3.63, 3.8) is 0 Å². The van der Waals surface area contributed by atoms with Gasteiger partial charge in [0.2, 0.25) is 0 Å². The SMILES string of the molecule is COC(=O)c1cc(C(=O)N(C)OC)n(-c2ccccc2)n1. The van der Waals surface area contributed by atoms with Gasteiger partial charge in [0.1, 0.15) is 5.69 Å². The van der Waals surface area contributed by atoms with E-state index in [1.165, 1.54) is 32.0 Å². The molecular formula is C14H15N3O4. The lowest BCUT2D eigenvalue weighted by Gasteiger charge is -2.14. The van der Waals surface area contributed by atoms with E-state index in [4.69, 9.17) is 4.84 Å². The summed E-state index contributed by atoms with van der Waals surface area (Å²) >= 11 is 0. The van der Waals surface area contributed by atoms with Crippen LogP contribution < -0.4 is 0 Å². The van der Waals surface area contributed by atoms with Crippen molar-refractivity contribution < 1.29 is 19.2 Å². The highest BCUT2D eigenvalue weighted by molar-refractivity contribution is 5.96. The first-order valence-electron chi connectivity index (χ1n) is 6.14. The third kappa shape index (κ3) is 2.92. The molecular weight excluding hydrogens is 274 g/mol. The van der Waals surface area contributed by atoms with Crippen LogP contribution in [0.2, 0.25) is 0 Å². The number of hydrogen-bond donors (Lipinski definition) is 0. The molecule has 7 nitrogen and oxygen atoms in total. The lowest BCUT2D eigenvalue weighted by atomic mass is 10.3. The van der Waals surface area contributed by atoms with E-state index in [0.717, 1.165) is 5.06 Å². The summed E-state index contributed by atoms with van der Waals surface area (Å²) in [6, 6.07) is 10.4. The Balaban J connectivity index is 2.54. The minimum absolute atomic E-state index is 0.0502. The first kappa shape index (κ1) is 14.7. The van der Waals surface area contributed by atoms with Crippen molar-refractivity contribution in [3.05, 3.63) is 47.8 Å². The average molecular weight is 289 g/mol. The van der Waals surface area contributed by atoms with Crippen LogP contribution in [0.1, 0.15) is 21.0 Å². The average Bonchev–Trinajstić information content (AvgIpc) is 2.98. The second kappa shape index (κ2) is 6.19. The van der Waals surface area contributed by atoms with Crippen LogP contribution in [0.25, 0.3) is 5.69 Å². The van der Waals surface area contributed by atoms with Gasteiger partial charge in [0.15, 0.2) is 5.69 Å². The van der Waals surface area contributed by atoms with Crippen molar-refractivity contribution in [2.75, 3.05) is 21.3 Å². The number of aromatic nitrogens is 2. The van der Waals surface area contributed by atoms with Crippen molar-refractivity contribution in [2.45, 2.75) is 0 Å². The molecule has 0 radical (unpaired) electrons. The third-order valence-corrected chi connectivity index (χ3v) is 2.88. The van der Waals surface area contributed by atoms with Crippen LogP contribution in [0.3, 0.4) is 0 Å². The maximum absolute atomic E-state index is 12.3. The molecule has 2 rings (SSSR count). The molecule has 1 aromatic carbocycles. The van der Waals surface area contributed by atoms with E-state index < -0.39 is 11.9 Å². The number of nitrogens with zero attached hydrogens (tertiary/aromatic N) is 3. The summed E-state index contributed by atoms with van der Waals surface area (Å²) in [5.74, 6) is -1.04. The summed E-state index contributed by atoms with van der Waals surface area (Å²) in [6.07, 6.45) is 0. The van der Waals surface area contributed by atoms with Crippen LogP contribution >= 0.6 is 0 Å². The lowest BCUT2D eigenvalue weighted by molar-refractivity contribution is -0.0762. The van der Waals surface area contributed by atoms with Crippen LogP contribution in [0.4, 0.5) is 0 Å². The molecule has 0 aliphatic carbocycles. The number of hydroxylamine groups is 2. The highest BCUT2D eigenvalue weighted by Gasteiger charge is 2.23. The second-order valence-corrected chi connectivity index (χ2v) is 4.14. The normalized spacial score (nSPS) is 10.2. The fourth-order valence-corrected chi connectivity index (χ4v) is 1.75. The predicted molar refractivity (Wildman–Crippen MR) is 74.0 cm³/mol. The Morgan fingerprint density at radius 3 is 2.43 bits per heavy atom. The van der Waals surface area contributed by atoms with Gasteiger partial charge in [-0.25, -0.2) is 14.5 Å². The zero-order valence-corrected chi connectivity index (χ0v) is 11.9. The van der Waals surface area contributed by atoms with Gasteiger partial charge in [-0.15, -0.1) is 0 Å². The minimum atomic E-state index is -0.612. The van der Waals surface area contributed by atoms with Crippen LogP contribution in [0.15, 0.2) is 36.4 Å². The summed E-state index contributed by atoms with van der Waals surface area (Å²) < 4.78 is 6.02. The summed E-state index contributed by atoms with van der Waals surface area (Å²) in [5, 5.41) is 5.18. The van der Waals surface area contributed by atoms with Crippen molar-refractivity contribution >= 4 is 11.9 Å². The van der Waals surface area contributed by atoms with Gasteiger partial charge in [-0.3, -0.25) is 9.63 Å². The summed E-state index contributed by atoms with van der Waals surface area (Å²) in [5.41, 5.74) is 0.903. The van der Waals surface area contributed by atoms with E-state index in [9.17, 15) is 9.59 Å². The molecule has 1 amide bonds. The van der Waals surface area contributed by atoms with Gasteiger partial charge in [0, 0.05) is 13.1 Å². The number of hydrogen-bond acceptors (Lipinski definition) is 5. The van der Waals surface area contributed by atoms with Crippen molar-refractivity contribution in [2.24, 2.45) is 0 Å². The number of rotatable bonds is 4. The third-order valence-electron chi connectivity index (χ3n) is 2.88. The molecule has 0 aliphatic heterocycles. The maximum Gasteiger partial charge on any atom is 0.358 e. The molecule has 1 aromatic heterocycles. The molecule has 21 heavy (non-hydrogen) atoms. The first-order chi connectivity index (χ1) is 10.1. The Morgan fingerprint density at radius 2 is 1.86 bits per heavy atom. The van der Waals surface area contributed by atoms with E-state index >= 15 is 0 Å². The number of para-hydroxylation sites is 1. The number of carbonyl (C=O) groups is 2. The highest BCUT2D eigenvalue weighted by atomic mass is 16.7. The van der Waals surface area contributed by atoms with Crippen molar-refractivity contribution in [1.82, 2.24) is 14.8 Å². The first-order valence-corrected chi connectivity index (χ1v) is 6.14. The van der Waals surface area contributed by atoms with Crippen LogP contribution in [-0.4, -0.2) is 48.0 Å². The van der Waals surface area contributed by atoms with Gasteiger partial charge >= 0.3 is 5.97 Å². The van der Waals surface area contributed by atoms with Gasteiger partial charge in [-0.1, -0.05) is 18.2 Å². The number of benzene rings is 1. The Morgan fingerprint density at radius 1 is 1.19 bits per heavy atom. The highest BCUT2D eigenvalue weighted by Crippen LogP contribution is 2.15. The Kier molecular flexibility index (Phi) is 4.34. The van der Waals surface area contributed by atoms with E-state index in [2.05, 4.69) is 9.84 Å². The molecule has 0 atom stereocenters. The van der Waals surface area contributed by atoms with Gasteiger partial charge < -0.3 is 4.74 Å². The molecule has 0 bridgehead atoms. The minimum Gasteiger partial charge on any atom is -0.464 e. The predicted octanol–water partition coefficient (Wildman–Crippen LogP) is 1.29. The van der Waals surface area contributed by atoms with Crippen LogP contribution in [-0.2, 0) is 9.57 Å². The molecule has 0 unspecified atom stereocenters. The van der Waals surface area contributed by atoms with E-state index in [-0.39, 0.29) is 11.4 Å². The smallest absolute Gasteiger partial charge is 0.358 e. The molecule has 1 heterocycles. The van der Waals surface area contributed by atoms with Crippen LogP contribution in [0, 0.1) is 0 Å². The summed E-state index contributed by atoms with van der Waals surface area (Å²) in [6.45, 7) is 0. The Hall–Kier alpha value is -2.67. The molecule has 0 saturated heterocycles. The number of ether oxygens (including phenoxy) is 1. The number of methoxy groups -OCH3 is 1. The second-order valence-electron chi connectivity index (χ2n) is 4.14. The number of amides is 1. The quantitative estimate of drug-likeness (QED) is 0.626. The maximum atomic E-state index is 12.3. The molecule has 0 fully saturated rings. The lowest BCUT2D eigenvalue weighted by Crippen LogP contribution is -2.27. The summed E-state index contributed by atoms with van der Waals surface area (Å²) in [7, 11) is 4.11. The molecule has 0 aliphatic rings. The molecule has 7 heteroatoms. The van der Waals surface area contributed by atoms with Crippen molar-refractivity contribution in [1.29, 1.82) is 0 Å². The zero-order chi connectivity index (χ0) is 15.4.